The molecule has 1 fully saturated rings. The Morgan fingerprint density at radius 3 is 2.18 bits per heavy atom. The summed E-state index contributed by atoms with van der Waals surface area (Å²) in [7, 11) is 2.95. The van der Waals surface area contributed by atoms with Crippen LogP contribution in [0.2, 0.25) is 0 Å². The van der Waals surface area contributed by atoms with Crippen LogP contribution in [-0.4, -0.2) is 26.0 Å². The van der Waals surface area contributed by atoms with E-state index in [4.69, 9.17) is 14.2 Å². The number of amides is 2. The van der Waals surface area contributed by atoms with E-state index >= 15 is 0 Å². The maximum atomic E-state index is 13.1. The van der Waals surface area contributed by atoms with Crippen molar-refractivity contribution in [3.63, 3.8) is 0 Å². The lowest BCUT2D eigenvalue weighted by Gasteiger charge is -2.15. The number of halogens is 1. The van der Waals surface area contributed by atoms with E-state index in [1.54, 1.807) is 48.5 Å². The van der Waals surface area contributed by atoms with Crippen molar-refractivity contribution in [2.75, 3.05) is 19.2 Å². The molecule has 0 unspecified atom stereocenters. The maximum Gasteiger partial charge on any atom is 0.282 e. The highest BCUT2D eigenvalue weighted by molar-refractivity contribution is 6.31. The van der Waals surface area contributed by atoms with Crippen LogP contribution in [0.15, 0.2) is 72.3 Å². The minimum Gasteiger partial charge on any atom is -0.493 e. The molecule has 0 radical (unpaired) electrons. The lowest BCUT2D eigenvalue weighted by atomic mass is 10.1. The third kappa shape index (κ3) is 4.64. The van der Waals surface area contributed by atoms with E-state index in [-0.39, 0.29) is 18.0 Å². The van der Waals surface area contributed by atoms with Gasteiger partial charge in [0, 0.05) is 0 Å². The smallest absolute Gasteiger partial charge is 0.282 e. The molecule has 1 saturated heterocycles. The highest BCUT2D eigenvalue weighted by Gasteiger charge is 2.34. The average Bonchev–Trinajstić information content (AvgIpc) is 3.12. The number of carbonyl (C=O) groups is 2. The van der Waals surface area contributed by atoms with Gasteiger partial charge < -0.3 is 14.2 Å². The molecule has 0 aromatic heterocycles. The Kier molecular flexibility index (Phi) is 6.26. The molecule has 2 amide bonds. The third-order valence-electron chi connectivity index (χ3n) is 5.00. The molecular formula is C25H21FN2O5. The van der Waals surface area contributed by atoms with Crippen LogP contribution in [0.5, 0.6) is 17.2 Å². The van der Waals surface area contributed by atoms with Crippen LogP contribution >= 0.6 is 0 Å². The average molecular weight is 448 g/mol. The summed E-state index contributed by atoms with van der Waals surface area (Å²) in [5, 5.41) is 1.20. The number of benzene rings is 3. The summed E-state index contributed by atoms with van der Waals surface area (Å²) in [5.74, 6) is -0.260. The van der Waals surface area contributed by atoms with Crippen LogP contribution in [0.1, 0.15) is 11.1 Å². The van der Waals surface area contributed by atoms with Crippen molar-refractivity contribution in [1.82, 2.24) is 5.43 Å². The van der Waals surface area contributed by atoms with E-state index in [0.29, 0.717) is 28.5 Å². The number of hydrazine groups is 1. The van der Waals surface area contributed by atoms with Crippen LogP contribution in [0.4, 0.5) is 10.1 Å². The minimum atomic E-state index is -0.515. The summed E-state index contributed by atoms with van der Waals surface area (Å²) in [6, 6.07) is 18.0. The summed E-state index contributed by atoms with van der Waals surface area (Å²) in [6.07, 6.45) is 1.47. The predicted octanol–water partition coefficient (Wildman–Crippen LogP) is 3.88. The molecule has 1 aliphatic rings. The molecule has 3 aromatic rings. The van der Waals surface area contributed by atoms with E-state index in [1.165, 1.54) is 37.4 Å². The minimum absolute atomic E-state index is 0.0251. The SMILES string of the molecule is COc1cc(/C=C2/C(=O)NN(c3ccccc3)C2=O)cc(OC)c1OCc1ccc(F)cc1. The number of nitrogens with zero attached hydrogens (tertiary/aromatic N) is 1. The van der Waals surface area contributed by atoms with Gasteiger partial charge in [-0.1, -0.05) is 30.3 Å². The Hall–Kier alpha value is -4.33. The normalized spacial score (nSPS) is 14.4. The molecular weight excluding hydrogens is 427 g/mol. The molecule has 0 saturated carbocycles. The monoisotopic (exact) mass is 448 g/mol. The Bertz CT molecular complexity index is 1180. The van der Waals surface area contributed by atoms with Crippen LogP contribution in [-0.2, 0) is 16.2 Å². The Labute approximate surface area is 190 Å². The van der Waals surface area contributed by atoms with E-state index < -0.39 is 11.8 Å². The predicted molar refractivity (Wildman–Crippen MR) is 120 cm³/mol. The van der Waals surface area contributed by atoms with Gasteiger partial charge in [-0.25, -0.2) is 9.40 Å². The van der Waals surface area contributed by atoms with Gasteiger partial charge in [0.05, 0.1) is 19.9 Å². The zero-order valence-electron chi connectivity index (χ0n) is 18.0. The molecule has 0 atom stereocenters. The van der Waals surface area contributed by atoms with Gasteiger partial charge in [-0.05, 0) is 53.6 Å². The third-order valence-corrected chi connectivity index (χ3v) is 5.00. The summed E-state index contributed by atoms with van der Waals surface area (Å²) in [6.45, 7) is 0.167. The summed E-state index contributed by atoms with van der Waals surface area (Å²) >= 11 is 0. The molecule has 1 aliphatic heterocycles. The van der Waals surface area contributed by atoms with E-state index in [0.717, 1.165) is 5.56 Å². The van der Waals surface area contributed by atoms with Crippen molar-refractivity contribution >= 4 is 23.6 Å². The number of carbonyl (C=O) groups excluding carboxylic acids is 2. The first-order valence-electron chi connectivity index (χ1n) is 10.1. The Morgan fingerprint density at radius 1 is 0.939 bits per heavy atom. The van der Waals surface area contributed by atoms with Crippen molar-refractivity contribution in [3.8, 4) is 17.2 Å². The van der Waals surface area contributed by atoms with Gasteiger partial charge in [0.15, 0.2) is 11.5 Å². The summed E-state index contributed by atoms with van der Waals surface area (Å²) in [4.78, 5) is 25.3. The summed E-state index contributed by atoms with van der Waals surface area (Å²) in [5.41, 5.74) is 4.38. The largest absolute Gasteiger partial charge is 0.493 e. The first-order chi connectivity index (χ1) is 16.0. The molecule has 3 aromatic carbocycles. The Morgan fingerprint density at radius 2 is 1.58 bits per heavy atom. The number of hydrogen-bond donors (Lipinski definition) is 1. The van der Waals surface area contributed by atoms with Gasteiger partial charge in [-0.2, -0.15) is 0 Å². The number of rotatable bonds is 7. The molecule has 4 rings (SSSR count). The van der Waals surface area contributed by atoms with E-state index in [1.807, 2.05) is 6.07 Å². The molecule has 1 heterocycles. The van der Waals surface area contributed by atoms with Crippen molar-refractivity contribution < 1.29 is 28.2 Å². The van der Waals surface area contributed by atoms with Gasteiger partial charge in [-0.15, -0.1) is 0 Å². The van der Waals surface area contributed by atoms with Crippen LogP contribution in [0.3, 0.4) is 0 Å². The maximum absolute atomic E-state index is 13.1. The van der Waals surface area contributed by atoms with Crippen LogP contribution < -0.4 is 24.6 Å². The Balaban J connectivity index is 1.62. The zero-order chi connectivity index (χ0) is 23.4. The molecule has 168 valence electrons. The first kappa shape index (κ1) is 21.9. The fourth-order valence-corrected chi connectivity index (χ4v) is 3.34. The van der Waals surface area contributed by atoms with E-state index in [2.05, 4.69) is 5.43 Å². The highest BCUT2D eigenvalue weighted by Crippen LogP contribution is 2.40. The van der Waals surface area contributed by atoms with Gasteiger partial charge in [0.25, 0.3) is 11.8 Å². The molecule has 0 aliphatic carbocycles. The van der Waals surface area contributed by atoms with Gasteiger partial charge in [0.2, 0.25) is 5.75 Å². The number of para-hydroxylation sites is 1. The summed E-state index contributed by atoms with van der Waals surface area (Å²) < 4.78 is 29.9. The number of nitrogens with one attached hydrogen (secondary N) is 1. The molecule has 1 N–H and O–H groups in total. The molecule has 0 spiro atoms. The van der Waals surface area contributed by atoms with Gasteiger partial charge in [0.1, 0.15) is 18.0 Å². The van der Waals surface area contributed by atoms with Crippen molar-refractivity contribution in [2.24, 2.45) is 0 Å². The van der Waals surface area contributed by atoms with E-state index in [9.17, 15) is 14.0 Å². The second kappa shape index (κ2) is 9.44. The second-order valence-electron chi connectivity index (χ2n) is 7.14. The van der Waals surface area contributed by atoms with Gasteiger partial charge in [-0.3, -0.25) is 15.0 Å². The standard InChI is InChI=1S/C25H21FN2O5/c1-31-21-13-17(12-20-24(29)27-28(25(20)30)19-6-4-3-5-7-19)14-22(32-2)23(21)33-15-16-8-10-18(26)11-9-16/h3-14H,15H2,1-2H3,(H,27,29)/b20-12-. The number of hydrogen-bond acceptors (Lipinski definition) is 5. The van der Waals surface area contributed by atoms with Gasteiger partial charge >= 0.3 is 0 Å². The quantitative estimate of drug-likeness (QED) is 0.439. The van der Waals surface area contributed by atoms with Crippen molar-refractivity contribution in [2.45, 2.75) is 6.61 Å². The first-order valence-corrected chi connectivity index (χ1v) is 10.1. The molecule has 33 heavy (non-hydrogen) atoms. The number of methoxy groups -OCH3 is 2. The molecule has 7 nitrogen and oxygen atoms in total. The zero-order valence-corrected chi connectivity index (χ0v) is 18.0. The highest BCUT2D eigenvalue weighted by atomic mass is 19.1. The number of ether oxygens (including phenoxy) is 3. The van der Waals surface area contributed by atoms with Crippen molar-refractivity contribution in [1.29, 1.82) is 0 Å². The van der Waals surface area contributed by atoms with Crippen LogP contribution in [0.25, 0.3) is 6.08 Å². The van der Waals surface area contributed by atoms with Crippen molar-refractivity contribution in [3.05, 3.63) is 89.2 Å². The molecule has 0 bridgehead atoms. The fraction of sp³-hybridized carbons (Fsp3) is 0.120. The second-order valence-corrected chi connectivity index (χ2v) is 7.14. The molecule has 8 heteroatoms. The lowest BCUT2D eigenvalue weighted by molar-refractivity contribution is -0.117. The number of anilines is 1. The van der Waals surface area contributed by atoms with Crippen LogP contribution in [0, 0.1) is 5.82 Å². The fourth-order valence-electron chi connectivity index (χ4n) is 3.34. The lowest BCUT2D eigenvalue weighted by Crippen LogP contribution is -2.35. The topological polar surface area (TPSA) is 77.1 Å².